The van der Waals surface area contributed by atoms with Crippen molar-refractivity contribution in [3.8, 4) is 22.5 Å². The van der Waals surface area contributed by atoms with Gasteiger partial charge in [-0.3, -0.25) is 9.78 Å². The highest BCUT2D eigenvalue weighted by molar-refractivity contribution is 5.93. The number of benzene rings is 1. The molecule has 0 bridgehead atoms. The van der Waals surface area contributed by atoms with Crippen LogP contribution in [0.15, 0.2) is 42.9 Å². The minimum Gasteiger partial charge on any atom is -0.309 e. The number of aromatic nitrogens is 3. The fourth-order valence-corrected chi connectivity index (χ4v) is 2.66. The number of hydrogen-bond acceptors (Lipinski definition) is 4. The maximum atomic E-state index is 14.4. The number of nitrogens with one attached hydrogen (secondary N) is 1. The third kappa shape index (κ3) is 3.51. The van der Waals surface area contributed by atoms with Crippen molar-refractivity contribution in [3.05, 3.63) is 60.3 Å². The first-order valence-corrected chi connectivity index (χ1v) is 8.26. The van der Waals surface area contributed by atoms with Crippen LogP contribution in [0.25, 0.3) is 22.5 Å². The molecule has 1 N–H and O–H groups in total. The molecule has 1 aliphatic rings. The van der Waals surface area contributed by atoms with Crippen LogP contribution in [0.2, 0.25) is 0 Å². The molecule has 0 radical (unpaired) electrons. The summed E-state index contributed by atoms with van der Waals surface area (Å²) in [5.74, 6) is -2.42. The molecule has 0 saturated heterocycles. The van der Waals surface area contributed by atoms with Gasteiger partial charge in [-0.1, -0.05) is 0 Å². The Balaban J connectivity index is 1.85. The Bertz CT molecular complexity index is 1040. The lowest BCUT2D eigenvalue weighted by Gasteiger charge is -2.12. The average molecular weight is 370 g/mol. The van der Waals surface area contributed by atoms with Gasteiger partial charge in [-0.2, -0.15) is 0 Å². The molecule has 0 spiro atoms. The Morgan fingerprint density at radius 1 is 1.00 bits per heavy atom. The number of hydrogen-bond donors (Lipinski definition) is 1. The van der Waals surface area contributed by atoms with Crippen LogP contribution >= 0.6 is 0 Å². The summed E-state index contributed by atoms with van der Waals surface area (Å²) in [6, 6.07) is 4.36. The summed E-state index contributed by atoms with van der Waals surface area (Å²) in [6.45, 7) is 0. The van der Waals surface area contributed by atoms with Crippen molar-refractivity contribution in [2.75, 3.05) is 5.32 Å². The zero-order valence-electron chi connectivity index (χ0n) is 13.9. The Morgan fingerprint density at radius 2 is 1.78 bits per heavy atom. The highest BCUT2D eigenvalue weighted by Crippen LogP contribution is 2.34. The van der Waals surface area contributed by atoms with Crippen LogP contribution in [0.3, 0.4) is 0 Å². The number of pyridine rings is 1. The Morgan fingerprint density at radius 3 is 2.48 bits per heavy atom. The van der Waals surface area contributed by atoms with Gasteiger partial charge >= 0.3 is 0 Å². The van der Waals surface area contributed by atoms with Crippen LogP contribution in [0.1, 0.15) is 12.8 Å². The molecular formula is C19H13F3N4O. The molecule has 5 nitrogen and oxygen atoms in total. The van der Waals surface area contributed by atoms with Crippen molar-refractivity contribution in [1.82, 2.24) is 15.0 Å². The van der Waals surface area contributed by atoms with E-state index in [2.05, 4.69) is 20.3 Å². The normalized spacial score (nSPS) is 13.4. The van der Waals surface area contributed by atoms with Gasteiger partial charge in [-0.25, -0.2) is 23.1 Å². The number of amides is 1. The van der Waals surface area contributed by atoms with E-state index in [1.54, 1.807) is 0 Å². The molecule has 0 unspecified atom stereocenters. The molecule has 2 heterocycles. The molecule has 4 rings (SSSR count). The Hall–Kier alpha value is -3.29. The second-order valence-corrected chi connectivity index (χ2v) is 6.20. The molecule has 0 atom stereocenters. The second-order valence-electron chi connectivity index (χ2n) is 6.20. The Labute approximate surface area is 152 Å². The maximum Gasteiger partial charge on any atom is 0.228 e. The van der Waals surface area contributed by atoms with Crippen molar-refractivity contribution >= 4 is 11.7 Å². The topological polar surface area (TPSA) is 67.8 Å². The number of carbonyl (C=O) groups is 1. The van der Waals surface area contributed by atoms with Crippen LogP contribution in [0, 0.1) is 23.4 Å². The summed E-state index contributed by atoms with van der Waals surface area (Å²) in [6.07, 6.45) is 5.26. The number of halogens is 3. The van der Waals surface area contributed by atoms with Gasteiger partial charge in [0, 0.05) is 29.3 Å². The van der Waals surface area contributed by atoms with E-state index < -0.39 is 17.5 Å². The number of anilines is 1. The van der Waals surface area contributed by atoms with E-state index in [0.717, 1.165) is 25.1 Å². The highest BCUT2D eigenvalue weighted by Gasteiger charge is 2.30. The summed E-state index contributed by atoms with van der Waals surface area (Å²) >= 11 is 0. The minimum absolute atomic E-state index is 0.00815. The third-order valence-electron chi connectivity index (χ3n) is 4.19. The lowest BCUT2D eigenvalue weighted by atomic mass is 10.0. The zero-order chi connectivity index (χ0) is 19.0. The van der Waals surface area contributed by atoms with Gasteiger partial charge in [0.05, 0.1) is 18.1 Å². The fourth-order valence-electron chi connectivity index (χ4n) is 2.66. The molecule has 8 heteroatoms. The average Bonchev–Trinajstić information content (AvgIpc) is 3.48. The van der Waals surface area contributed by atoms with E-state index in [-0.39, 0.29) is 40.2 Å². The van der Waals surface area contributed by atoms with E-state index in [1.807, 2.05) is 0 Å². The van der Waals surface area contributed by atoms with Gasteiger partial charge < -0.3 is 5.32 Å². The van der Waals surface area contributed by atoms with E-state index in [9.17, 15) is 18.0 Å². The van der Waals surface area contributed by atoms with E-state index in [4.69, 9.17) is 0 Å². The largest absolute Gasteiger partial charge is 0.309 e. The van der Waals surface area contributed by atoms with Crippen LogP contribution in [-0.4, -0.2) is 20.9 Å². The molecule has 1 saturated carbocycles. The second kappa shape index (κ2) is 6.79. The van der Waals surface area contributed by atoms with Crippen LogP contribution in [-0.2, 0) is 4.79 Å². The zero-order valence-corrected chi connectivity index (χ0v) is 13.9. The van der Waals surface area contributed by atoms with Crippen LogP contribution < -0.4 is 5.32 Å². The van der Waals surface area contributed by atoms with Crippen molar-refractivity contribution < 1.29 is 18.0 Å². The molecule has 1 aromatic carbocycles. The minimum atomic E-state index is -0.870. The number of rotatable bonds is 4. The van der Waals surface area contributed by atoms with E-state index in [0.29, 0.717) is 6.07 Å². The highest BCUT2D eigenvalue weighted by atomic mass is 19.1. The van der Waals surface area contributed by atoms with Crippen LogP contribution in [0.4, 0.5) is 19.0 Å². The van der Waals surface area contributed by atoms with Crippen molar-refractivity contribution in [3.63, 3.8) is 0 Å². The molecule has 1 fully saturated rings. The SMILES string of the molecule is O=C(Nc1cnc(-c2ccncc2F)c(-c2ccc(F)cc2F)n1)C1CC1. The van der Waals surface area contributed by atoms with E-state index >= 15 is 0 Å². The first kappa shape index (κ1) is 17.1. The van der Waals surface area contributed by atoms with E-state index in [1.165, 1.54) is 24.5 Å². The standard InChI is InChI=1S/C19H13F3N4O/c20-11-3-4-12(14(21)7-11)18-17(13-5-6-23-8-15(13)22)24-9-16(25-18)26-19(27)10-1-2-10/h3-10H,1-2H2,(H,25,26,27). The van der Waals surface area contributed by atoms with Gasteiger partial charge in [-0.15, -0.1) is 0 Å². The lowest BCUT2D eigenvalue weighted by molar-refractivity contribution is -0.117. The molecule has 3 aromatic rings. The van der Waals surface area contributed by atoms with Gasteiger partial charge in [0.15, 0.2) is 11.6 Å². The van der Waals surface area contributed by atoms with Crippen LogP contribution in [0.5, 0.6) is 0 Å². The molecule has 136 valence electrons. The summed E-state index contributed by atoms with van der Waals surface area (Å²) in [5, 5.41) is 2.62. The van der Waals surface area contributed by atoms with Crippen molar-refractivity contribution in [2.45, 2.75) is 12.8 Å². The predicted octanol–water partition coefficient (Wildman–Crippen LogP) is 3.97. The first-order chi connectivity index (χ1) is 13.0. The molecule has 2 aromatic heterocycles. The number of nitrogens with zero attached hydrogens (tertiary/aromatic N) is 3. The molecule has 1 aliphatic carbocycles. The quantitative estimate of drug-likeness (QED) is 0.755. The van der Waals surface area contributed by atoms with Gasteiger partial charge in [0.1, 0.15) is 17.3 Å². The summed E-state index contributed by atoms with van der Waals surface area (Å²) in [5.41, 5.74) is 0.0601. The van der Waals surface area contributed by atoms with Gasteiger partial charge in [-0.05, 0) is 31.0 Å². The third-order valence-corrected chi connectivity index (χ3v) is 4.19. The molecule has 27 heavy (non-hydrogen) atoms. The predicted molar refractivity (Wildman–Crippen MR) is 91.9 cm³/mol. The van der Waals surface area contributed by atoms with Crippen molar-refractivity contribution in [2.24, 2.45) is 5.92 Å². The molecule has 1 amide bonds. The van der Waals surface area contributed by atoms with Crippen molar-refractivity contribution in [1.29, 1.82) is 0 Å². The molecular weight excluding hydrogens is 357 g/mol. The summed E-state index contributed by atoms with van der Waals surface area (Å²) in [7, 11) is 0. The smallest absolute Gasteiger partial charge is 0.228 e. The lowest BCUT2D eigenvalue weighted by Crippen LogP contribution is -2.15. The summed E-state index contributed by atoms with van der Waals surface area (Å²) < 4.78 is 41.9. The maximum absolute atomic E-state index is 14.4. The number of carbonyl (C=O) groups excluding carboxylic acids is 1. The molecule has 0 aliphatic heterocycles. The monoisotopic (exact) mass is 370 g/mol. The van der Waals surface area contributed by atoms with Gasteiger partial charge in [0.25, 0.3) is 0 Å². The fraction of sp³-hybridized carbons (Fsp3) is 0.158. The van der Waals surface area contributed by atoms with Gasteiger partial charge in [0.2, 0.25) is 5.91 Å². The summed E-state index contributed by atoms with van der Waals surface area (Å²) in [4.78, 5) is 24.1. The Kier molecular flexibility index (Phi) is 4.31. The first-order valence-electron chi connectivity index (χ1n) is 8.26.